The molecule has 11 nitrogen and oxygen atoms in total. The maximum atomic E-state index is 14.7. The van der Waals surface area contributed by atoms with E-state index in [9.17, 15) is 28.1 Å². The Labute approximate surface area is 307 Å². The molecule has 0 radical (unpaired) electrons. The second kappa shape index (κ2) is 16.6. The van der Waals surface area contributed by atoms with Crippen molar-refractivity contribution < 1.29 is 27.7 Å². The van der Waals surface area contributed by atoms with Crippen LogP contribution in [0.2, 0.25) is 10.0 Å². The van der Waals surface area contributed by atoms with Crippen molar-refractivity contribution in [3.05, 3.63) is 128 Å². The van der Waals surface area contributed by atoms with Gasteiger partial charge in [0.05, 0.1) is 32.7 Å². The largest absolute Gasteiger partial charge is 0.497 e. The molecule has 1 fully saturated rings. The third-order valence-electron chi connectivity index (χ3n) is 8.91. The lowest BCUT2D eigenvalue weighted by molar-refractivity contribution is -0.385. The lowest BCUT2D eigenvalue weighted by Crippen LogP contribution is -2.54. The van der Waals surface area contributed by atoms with Gasteiger partial charge in [-0.1, -0.05) is 78.5 Å². The summed E-state index contributed by atoms with van der Waals surface area (Å²) in [5.74, 6) is -0.613. The maximum absolute atomic E-state index is 14.7. The highest BCUT2D eigenvalue weighted by molar-refractivity contribution is 7.92. The Morgan fingerprint density at radius 2 is 1.63 bits per heavy atom. The topological polar surface area (TPSA) is 139 Å². The van der Waals surface area contributed by atoms with Crippen molar-refractivity contribution in [2.45, 2.75) is 62.6 Å². The van der Waals surface area contributed by atoms with Crippen LogP contribution in [0.15, 0.2) is 95.9 Å². The summed E-state index contributed by atoms with van der Waals surface area (Å²) < 4.78 is 34.9. The lowest BCUT2D eigenvalue weighted by atomic mass is 10.0. The molecule has 5 rings (SSSR count). The average molecular weight is 754 g/mol. The van der Waals surface area contributed by atoms with Crippen LogP contribution >= 0.6 is 23.2 Å². The second-order valence-electron chi connectivity index (χ2n) is 12.4. The molecular formula is C37H38Cl2N4O7S. The summed E-state index contributed by atoms with van der Waals surface area (Å²) in [4.78, 5) is 41.0. The van der Waals surface area contributed by atoms with Gasteiger partial charge in [0.1, 0.15) is 18.3 Å². The van der Waals surface area contributed by atoms with E-state index in [2.05, 4.69) is 5.32 Å². The molecule has 14 heteroatoms. The highest BCUT2D eigenvalue weighted by Crippen LogP contribution is 2.30. The zero-order valence-corrected chi connectivity index (χ0v) is 30.5. The van der Waals surface area contributed by atoms with Gasteiger partial charge in [-0.2, -0.15) is 0 Å². The summed E-state index contributed by atoms with van der Waals surface area (Å²) >= 11 is 12.6. The van der Waals surface area contributed by atoms with Gasteiger partial charge in [0, 0.05) is 30.6 Å². The van der Waals surface area contributed by atoms with Gasteiger partial charge in [0.25, 0.3) is 15.7 Å². The molecule has 1 aliphatic carbocycles. The molecule has 0 unspecified atom stereocenters. The molecule has 1 N–H and O–H groups in total. The SMILES string of the molecule is COc1ccc(N(CC(=O)N(Cc2ccc(Cl)c(Cl)c2)[C@H](Cc2ccccc2)C(=O)NC2CCCC2)S(=O)(=O)c2ccc(C)c([N+](=O)[O-])c2)cc1. The summed E-state index contributed by atoms with van der Waals surface area (Å²) in [5, 5.41) is 15.5. The highest BCUT2D eigenvalue weighted by atomic mass is 35.5. The zero-order valence-electron chi connectivity index (χ0n) is 28.1. The molecule has 1 aliphatic rings. The zero-order chi connectivity index (χ0) is 36.7. The smallest absolute Gasteiger partial charge is 0.273 e. The van der Waals surface area contributed by atoms with Gasteiger partial charge in [0.15, 0.2) is 0 Å². The molecule has 2 amide bonds. The minimum absolute atomic E-state index is 0.0498. The van der Waals surface area contributed by atoms with Gasteiger partial charge in [-0.05, 0) is 73.4 Å². The quantitative estimate of drug-likeness (QED) is 0.107. The number of methoxy groups -OCH3 is 1. The molecule has 0 heterocycles. The number of benzene rings is 4. The number of aryl methyl sites for hydroxylation is 1. The van der Waals surface area contributed by atoms with Crippen molar-refractivity contribution in [3.63, 3.8) is 0 Å². The van der Waals surface area contributed by atoms with E-state index >= 15 is 0 Å². The fourth-order valence-corrected chi connectivity index (χ4v) is 7.86. The molecule has 0 saturated heterocycles. The average Bonchev–Trinajstić information content (AvgIpc) is 3.63. The number of nitro groups is 1. The van der Waals surface area contributed by atoms with Crippen LogP contribution in [0.3, 0.4) is 0 Å². The number of nitrogens with zero attached hydrogens (tertiary/aromatic N) is 3. The van der Waals surface area contributed by atoms with Gasteiger partial charge < -0.3 is 15.0 Å². The van der Waals surface area contributed by atoms with Gasteiger partial charge in [-0.3, -0.25) is 24.0 Å². The van der Waals surface area contributed by atoms with Gasteiger partial charge >= 0.3 is 0 Å². The van der Waals surface area contributed by atoms with E-state index in [-0.39, 0.29) is 51.8 Å². The van der Waals surface area contributed by atoms with Crippen LogP contribution in [0.4, 0.5) is 11.4 Å². The Morgan fingerprint density at radius 3 is 2.25 bits per heavy atom. The number of sulfonamides is 1. The van der Waals surface area contributed by atoms with E-state index in [1.165, 1.54) is 43.2 Å². The minimum Gasteiger partial charge on any atom is -0.497 e. The number of anilines is 1. The first-order valence-electron chi connectivity index (χ1n) is 16.4. The third-order valence-corrected chi connectivity index (χ3v) is 11.4. The van der Waals surface area contributed by atoms with Crippen LogP contribution in [0.1, 0.15) is 42.4 Å². The summed E-state index contributed by atoms with van der Waals surface area (Å²) in [6.07, 6.45) is 3.73. The molecule has 4 aromatic carbocycles. The summed E-state index contributed by atoms with van der Waals surface area (Å²) in [5.41, 5.74) is 1.36. The summed E-state index contributed by atoms with van der Waals surface area (Å²) in [6.45, 7) is 0.668. The molecule has 0 aromatic heterocycles. The Balaban J connectivity index is 1.60. The fraction of sp³-hybridized carbons (Fsp3) is 0.297. The van der Waals surface area contributed by atoms with Crippen molar-refractivity contribution in [3.8, 4) is 5.75 Å². The first kappa shape index (κ1) is 37.6. The molecule has 1 atom stereocenters. The number of carbonyl (C=O) groups is 2. The van der Waals surface area contributed by atoms with E-state index in [0.29, 0.717) is 16.3 Å². The Bertz CT molecular complexity index is 1990. The molecule has 0 spiro atoms. The number of rotatable bonds is 14. The monoisotopic (exact) mass is 752 g/mol. The first-order valence-corrected chi connectivity index (χ1v) is 18.6. The summed E-state index contributed by atoms with van der Waals surface area (Å²) in [7, 11) is -3.12. The van der Waals surface area contributed by atoms with Crippen LogP contribution in [0.5, 0.6) is 5.75 Å². The highest BCUT2D eigenvalue weighted by Gasteiger charge is 2.36. The number of hydrogen-bond acceptors (Lipinski definition) is 7. The number of nitro benzene ring substituents is 1. The van der Waals surface area contributed by atoms with E-state index < -0.39 is 33.4 Å². The molecule has 51 heavy (non-hydrogen) atoms. The van der Waals surface area contributed by atoms with Crippen molar-refractivity contribution >= 4 is 56.4 Å². The Kier molecular flexibility index (Phi) is 12.2. The second-order valence-corrected chi connectivity index (χ2v) is 15.1. The predicted octanol–water partition coefficient (Wildman–Crippen LogP) is 7.11. The fourth-order valence-electron chi connectivity index (χ4n) is 6.11. The Hall–Kier alpha value is -4.65. The van der Waals surface area contributed by atoms with Gasteiger partial charge in [-0.15, -0.1) is 0 Å². The van der Waals surface area contributed by atoms with Gasteiger partial charge in [-0.25, -0.2) is 8.42 Å². The van der Waals surface area contributed by atoms with E-state index in [0.717, 1.165) is 41.6 Å². The summed E-state index contributed by atoms with van der Waals surface area (Å²) in [6, 6.07) is 22.6. The lowest BCUT2D eigenvalue weighted by Gasteiger charge is -2.34. The maximum Gasteiger partial charge on any atom is 0.273 e. The van der Waals surface area contributed by atoms with Crippen LogP contribution in [0, 0.1) is 17.0 Å². The van der Waals surface area contributed by atoms with Crippen LogP contribution in [-0.4, -0.2) is 55.8 Å². The van der Waals surface area contributed by atoms with E-state index in [1.807, 2.05) is 30.3 Å². The van der Waals surface area contributed by atoms with E-state index in [4.69, 9.17) is 27.9 Å². The van der Waals surface area contributed by atoms with Crippen LogP contribution in [0.25, 0.3) is 0 Å². The Morgan fingerprint density at radius 1 is 0.941 bits per heavy atom. The van der Waals surface area contributed by atoms with Crippen molar-refractivity contribution in [2.24, 2.45) is 0 Å². The van der Waals surface area contributed by atoms with E-state index in [1.54, 1.807) is 30.3 Å². The minimum atomic E-state index is -4.58. The molecular weight excluding hydrogens is 715 g/mol. The normalized spacial score (nSPS) is 13.7. The van der Waals surface area contributed by atoms with Crippen LogP contribution in [-0.2, 0) is 32.6 Å². The number of ether oxygens (including phenoxy) is 1. The van der Waals surface area contributed by atoms with Crippen molar-refractivity contribution in [1.29, 1.82) is 0 Å². The molecule has 0 bridgehead atoms. The number of nitrogens with one attached hydrogen (secondary N) is 1. The third kappa shape index (κ3) is 9.18. The van der Waals surface area contributed by atoms with Crippen LogP contribution < -0.4 is 14.4 Å². The molecule has 0 aliphatic heterocycles. The molecule has 268 valence electrons. The number of halogens is 2. The standard InChI is InChI=1S/C37H38Cl2N4O7S/c1-25-12-18-31(22-34(25)43(46)47)51(48,49)42(29-14-16-30(50-2)17-15-29)24-36(44)41(23-27-13-19-32(38)33(39)20-27)35(21-26-8-4-3-5-9-26)37(45)40-28-10-6-7-11-28/h3-5,8-9,12-20,22,28,35H,6-7,10-11,21,23-24H2,1-2H3,(H,40,45)/t35-/m1/s1. The van der Waals surface area contributed by atoms with Crippen molar-refractivity contribution in [2.75, 3.05) is 18.0 Å². The molecule has 1 saturated carbocycles. The first-order chi connectivity index (χ1) is 24.4. The number of amides is 2. The van der Waals surface area contributed by atoms with Gasteiger partial charge in [0.2, 0.25) is 11.8 Å². The predicted molar refractivity (Wildman–Crippen MR) is 197 cm³/mol. The number of carbonyl (C=O) groups excluding carboxylic acids is 2. The molecule has 4 aromatic rings. The number of hydrogen-bond donors (Lipinski definition) is 1. The van der Waals surface area contributed by atoms with Crippen molar-refractivity contribution in [1.82, 2.24) is 10.2 Å².